The van der Waals surface area contributed by atoms with Crippen molar-refractivity contribution in [2.45, 2.75) is 70.4 Å². The van der Waals surface area contributed by atoms with Gasteiger partial charge in [-0.3, -0.25) is 4.79 Å². The number of halogens is 1. The number of carbonyl (C=O) groups excluding carboxylic acids is 1. The molecule has 30 heavy (non-hydrogen) atoms. The third kappa shape index (κ3) is 4.32. The average Bonchev–Trinajstić information content (AvgIpc) is 2.79. The summed E-state index contributed by atoms with van der Waals surface area (Å²) < 4.78 is 13.4. The van der Waals surface area contributed by atoms with Gasteiger partial charge >= 0.3 is 0 Å². The zero-order valence-corrected chi connectivity index (χ0v) is 18.0. The van der Waals surface area contributed by atoms with Crippen molar-refractivity contribution in [2.24, 2.45) is 0 Å². The lowest BCUT2D eigenvalue weighted by atomic mass is 9.94. The minimum Gasteiger partial charge on any atom is -0.353 e. The van der Waals surface area contributed by atoms with Gasteiger partial charge in [-0.2, -0.15) is 0 Å². The molecule has 1 amide bonds. The SMILES string of the molecule is C[C@H]1CCCCN1c1nc(-c2ccc(F)cc2)ncc1C(=O)N(C)C1CCCCC1. The highest BCUT2D eigenvalue weighted by molar-refractivity contribution is 5.99. The number of carbonyl (C=O) groups is 1. The second kappa shape index (κ2) is 9.11. The summed E-state index contributed by atoms with van der Waals surface area (Å²) in [5.74, 6) is 0.952. The van der Waals surface area contributed by atoms with Crippen LogP contribution in [0.5, 0.6) is 0 Å². The van der Waals surface area contributed by atoms with Gasteiger partial charge in [0.15, 0.2) is 5.82 Å². The van der Waals surface area contributed by atoms with Crippen LogP contribution in [0.4, 0.5) is 10.2 Å². The highest BCUT2D eigenvalue weighted by Crippen LogP contribution is 2.30. The summed E-state index contributed by atoms with van der Waals surface area (Å²) in [6.45, 7) is 3.08. The molecule has 1 saturated heterocycles. The first-order valence-corrected chi connectivity index (χ1v) is 11.2. The van der Waals surface area contributed by atoms with Crippen molar-refractivity contribution in [3.05, 3.63) is 41.8 Å². The summed E-state index contributed by atoms with van der Waals surface area (Å²) in [5.41, 5.74) is 1.32. The van der Waals surface area contributed by atoms with Crippen LogP contribution in [0.15, 0.2) is 30.5 Å². The lowest BCUT2D eigenvalue weighted by molar-refractivity contribution is 0.0696. The molecule has 0 bridgehead atoms. The molecule has 0 N–H and O–H groups in total. The number of amides is 1. The molecule has 2 heterocycles. The van der Waals surface area contributed by atoms with E-state index in [9.17, 15) is 9.18 Å². The number of hydrogen-bond acceptors (Lipinski definition) is 4. The molecule has 1 aromatic carbocycles. The van der Waals surface area contributed by atoms with E-state index in [2.05, 4.69) is 16.8 Å². The van der Waals surface area contributed by atoms with E-state index in [1.165, 1.54) is 37.8 Å². The normalized spacial score (nSPS) is 20.2. The van der Waals surface area contributed by atoms with E-state index in [4.69, 9.17) is 4.98 Å². The van der Waals surface area contributed by atoms with Gasteiger partial charge in [-0.1, -0.05) is 19.3 Å². The highest BCUT2D eigenvalue weighted by atomic mass is 19.1. The van der Waals surface area contributed by atoms with E-state index in [0.717, 1.165) is 37.8 Å². The predicted octanol–water partition coefficient (Wildman–Crippen LogP) is 5.07. The van der Waals surface area contributed by atoms with Gasteiger partial charge in [0.25, 0.3) is 5.91 Å². The quantitative estimate of drug-likeness (QED) is 0.706. The number of piperidine rings is 1. The molecule has 1 aliphatic heterocycles. The van der Waals surface area contributed by atoms with E-state index in [1.807, 2.05) is 11.9 Å². The van der Waals surface area contributed by atoms with Crippen LogP contribution in [-0.4, -0.2) is 46.5 Å². The molecular weight excluding hydrogens is 379 g/mol. The molecule has 0 unspecified atom stereocenters. The van der Waals surface area contributed by atoms with Gasteiger partial charge in [-0.05, 0) is 63.3 Å². The fourth-order valence-electron chi connectivity index (χ4n) is 4.72. The van der Waals surface area contributed by atoms with Gasteiger partial charge in [-0.15, -0.1) is 0 Å². The Bertz CT molecular complexity index is 879. The van der Waals surface area contributed by atoms with Crippen molar-refractivity contribution in [2.75, 3.05) is 18.5 Å². The molecule has 6 heteroatoms. The number of nitrogens with zero attached hydrogens (tertiary/aromatic N) is 4. The summed E-state index contributed by atoms with van der Waals surface area (Å²) in [4.78, 5) is 27.0. The maximum absolute atomic E-state index is 13.5. The van der Waals surface area contributed by atoms with Gasteiger partial charge in [0.05, 0.1) is 0 Å². The fourth-order valence-corrected chi connectivity index (χ4v) is 4.72. The molecule has 1 saturated carbocycles. The Hall–Kier alpha value is -2.50. The summed E-state index contributed by atoms with van der Waals surface area (Å²) in [7, 11) is 1.91. The van der Waals surface area contributed by atoms with E-state index >= 15 is 0 Å². The molecule has 2 aromatic rings. The molecule has 0 spiro atoms. The van der Waals surface area contributed by atoms with Gasteiger partial charge in [0, 0.05) is 37.4 Å². The van der Waals surface area contributed by atoms with Crippen LogP contribution < -0.4 is 4.90 Å². The van der Waals surface area contributed by atoms with Gasteiger partial charge in [0.2, 0.25) is 0 Å². The van der Waals surface area contributed by atoms with Gasteiger partial charge < -0.3 is 9.80 Å². The number of rotatable bonds is 4. The molecule has 1 aromatic heterocycles. The summed E-state index contributed by atoms with van der Waals surface area (Å²) in [5, 5.41) is 0. The van der Waals surface area contributed by atoms with E-state index < -0.39 is 0 Å². The first kappa shape index (κ1) is 20.8. The monoisotopic (exact) mass is 410 g/mol. The van der Waals surface area contributed by atoms with Crippen LogP contribution in [0.25, 0.3) is 11.4 Å². The van der Waals surface area contributed by atoms with Crippen LogP contribution in [0.3, 0.4) is 0 Å². The van der Waals surface area contributed by atoms with E-state index in [1.54, 1.807) is 18.3 Å². The largest absolute Gasteiger partial charge is 0.353 e. The number of hydrogen-bond donors (Lipinski definition) is 0. The first-order chi connectivity index (χ1) is 14.5. The van der Waals surface area contributed by atoms with Crippen molar-refractivity contribution in [3.63, 3.8) is 0 Å². The summed E-state index contributed by atoms with van der Waals surface area (Å²) in [6.07, 6.45) is 10.8. The second-order valence-electron chi connectivity index (χ2n) is 8.68. The summed E-state index contributed by atoms with van der Waals surface area (Å²) in [6, 6.07) is 6.80. The zero-order valence-electron chi connectivity index (χ0n) is 18.0. The molecule has 1 atom stereocenters. The number of benzene rings is 1. The van der Waals surface area contributed by atoms with Crippen molar-refractivity contribution >= 4 is 11.7 Å². The third-order valence-corrected chi connectivity index (χ3v) is 6.62. The van der Waals surface area contributed by atoms with Crippen LogP contribution in [0.2, 0.25) is 0 Å². The van der Waals surface area contributed by atoms with Crippen LogP contribution in [0, 0.1) is 5.82 Å². The van der Waals surface area contributed by atoms with Crippen LogP contribution in [0.1, 0.15) is 68.6 Å². The Kier molecular flexibility index (Phi) is 6.30. The topological polar surface area (TPSA) is 49.3 Å². The second-order valence-corrected chi connectivity index (χ2v) is 8.68. The molecule has 2 fully saturated rings. The Morgan fingerprint density at radius 1 is 1.07 bits per heavy atom. The molecule has 0 radical (unpaired) electrons. The van der Waals surface area contributed by atoms with Crippen LogP contribution in [-0.2, 0) is 0 Å². The van der Waals surface area contributed by atoms with Crippen molar-refractivity contribution in [1.29, 1.82) is 0 Å². The van der Waals surface area contributed by atoms with E-state index in [0.29, 0.717) is 23.2 Å². The highest BCUT2D eigenvalue weighted by Gasteiger charge is 2.30. The Balaban J connectivity index is 1.71. The molecule has 2 aliphatic rings. The standard InChI is InChI=1S/C24H31FN4O/c1-17-8-6-7-15-29(17)23-21(24(30)28(2)20-9-4-3-5-10-20)16-26-22(27-23)18-11-13-19(25)14-12-18/h11-14,16-17,20H,3-10,15H2,1-2H3/t17-/m0/s1. The minimum absolute atomic E-state index is 0.000305. The molecule has 1 aliphatic carbocycles. The molecule has 160 valence electrons. The minimum atomic E-state index is -0.287. The Morgan fingerprint density at radius 3 is 2.47 bits per heavy atom. The van der Waals surface area contributed by atoms with Crippen molar-refractivity contribution in [3.8, 4) is 11.4 Å². The van der Waals surface area contributed by atoms with Crippen molar-refractivity contribution < 1.29 is 9.18 Å². The molecule has 4 rings (SSSR count). The Morgan fingerprint density at radius 2 is 1.77 bits per heavy atom. The smallest absolute Gasteiger partial charge is 0.259 e. The van der Waals surface area contributed by atoms with Crippen molar-refractivity contribution in [1.82, 2.24) is 14.9 Å². The molecular formula is C24H31FN4O. The number of aromatic nitrogens is 2. The summed E-state index contributed by atoms with van der Waals surface area (Å²) >= 11 is 0. The molecule has 5 nitrogen and oxygen atoms in total. The number of anilines is 1. The fraction of sp³-hybridized carbons (Fsp3) is 0.542. The van der Waals surface area contributed by atoms with E-state index in [-0.39, 0.29) is 17.8 Å². The van der Waals surface area contributed by atoms with Gasteiger partial charge in [-0.25, -0.2) is 14.4 Å². The zero-order chi connectivity index (χ0) is 21.1. The maximum Gasteiger partial charge on any atom is 0.259 e. The Labute approximate surface area is 178 Å². The lowest BCUT2D eigenvalue weighted by Gasteiger charge is -2.37. The average molecular weight is 411 g/mol. The third-order valence-electron chi connectivity index (χ3n) is 6.62. The van der Waals surface area contributed by atoms with Crippen LogP contribution >= 0.6 is 0 Å². The maximum atomic E-state index is 13.5. The lowest BCUT2D eigenvalue weighted by Crippen LogP contribution is -2.42. The van der Waals surface area contributed by atoms with Gasteiger partial charge in [0.1, 0.15) is 17.2 Å². The first-order valence-electron chi connectivity index (χ1n) is 11.2. The predicted molar refractivity (Wildman–Crippen MR) is 117 cm³/mol.